The molecular weight excluding hydrogens is 406 g/mol. The maximum Gasteiger partial charge on any atom is 0.234 e. The number of nitrogens with one attached hydrogen (secondary N) is 1. The minimum Gasteiger partial charge on any atom is -0.329 e. The molecule has 1 aromatic heterocycles. The number of thioether (sulfide) groups is 1. The van der Waals surface area contributed by atoms with Crippen LogP contribution in [-0.2, 0) is 11.8 Å². The molecule has 0 aliphatic carbocycles. The zero-order valence-electron chi connectivity index (χ0n) is 11.0. The third-order valence-electron chi connectivity index (χ3n) is 2.56. The summed E-state index contributed by atoms with van der Waals surface area (Å²) in [7, 11) is 1.90. The van der Waals surface area contributed by atoms with Gasteiger partial charge in [-0.25, -0.2) is 4.98 Å². The van der Waals surface area contributed by atoms with Gasteiger partial charge < -0.3 is 9.88 Å². The fourth-order valence-electron chi connectivity index (χ4n) is 1.62. The lowest BCUT2D eigenvalue weighted by Gasteiger charge is -2.10. The molecule has 1 aromatic carbocycles. The molecule has 1 heterocycles. The Bertz CT molecular complexity index is 619. The smallest absolute Gasteiger partial charge is 0.234 e. The fourth-order valence-corrected chi connectivity index (χ4v) is 3.96. The third kappa shape index (κ3) is 3.86. The molecule has 1 amide bonds. The molecule has 0 saturated heterocycles. The molecule has 4 nitrogen and oxygen atoms in total. The van der Waals surface area contributed by atoms with Crippen LogP contribution >= 0.6 is 43.6 Å². The average Bonchev–Trinajstić information content (AvgIpc) is 2.77. The lowest BCUT2D eigenvalue weighted by molar-refractivity contribution is -0.113. The van der Waals surface area contributed by atoms with Crippen molar-refractivity contribution in [2.24, 2.45) is 7.05 Å². The van der Waals surface area contributed by atoms with Crippen LogP contribution in [0.4, 0.5) is 5.69 Å². The molecule has 0 aliphatic rings. The Labute approximate surface area is 138 Å². The van der Waals surface area contributed by atoms with Gasteiger partial charge in [0.25, 0.3) is 0 Å². The van der Waals surface area contributed by atoms with E-state index in [-0.39, 0.29) is 5.91 Å². The number of hydrogen-bond donors (Lipinski definition) is 1. The van der Waals surface area contributed by atoms with Gasteiger partial charge in [0, 0.05) is 28.4 Å². The van der Waals surface area contributed by atoms with E-state index >= 15 is 0 Å². The van der Waals surface area contributed by atoms with E-state index in [1.165, 1.54) is 11.8 Å². The van der Waals surface area contributed by atoms with Crippen molar-refractivity contribution < 1.29 is 4.79 Å². The zero-order valence-corrected chi connectivity index (χ0v) is 15.0. The van der Waals surface area contributed by atoms with Gasteiger partial charge >= 0.3 is 0 Å². The van der Waals surface area contributed by atoms with Crippen LogP contribution in [0.5, 0.6) is 0 Å². The molecule has 0 radical (unpaired) electrons. The number of aromatic nitrogens is 2. The number of halogens is 2. The van der Waals surface area contributed by atoms with E-state index in [9.17, 15) is 4.79 Å². The molecule has 0 fully saturated rings. The monoisotopic (exact) mass is 417 g/mol. The highest BCUT2D eigenvalue weighted by atomic mass is 79.9. The summed E-state index contributed by atoms with van der Waals surface area (Å²) in [6, 6.07) is 3.93. The van der Waals surface area contributed by atoms with E-state index in [1.54, 1.807) is 6.20 Å². The normalized spacial score (nSPS) is 10.6. The Hall–Kier alpha value is -0.790. The number of benzene rings is 1. The molecule has 0 unspecified atom stereocenters. The fraction of sp³-hybridized carbons (Fsp3) is 0.231. The van der Waals surface area contributed by atoms with Gasteiger partial charge in [-0.05, 0) is 56.5 Å². The number of amides is 1. The van der Waals surface area contributed by atoms with Crippen molar-refractivity contribution in [2.45, 2.75) is 12.1 Å². The van der Waals surface area contributed by atoms with Crippen molar-refractivity contribution in [2.75, 3.05) is 11.1 Å². The lowest BCUT2D eigenvalue weighted by atomic mass is 10.2. The maximum atomic E-state index is 12.0. The second-order valence-electron chi connectivity index (χ2n) is 4.26. The molecule has 1 N–H and O–H groups in total. The first-order valence-electron chi connectivity index (χ1n) is 5.83. The molecule has 0 atom stereocenters. The topological polar surface area (TPSA) is 46.9 Å². The first-order chi connectivity index (χ1) is 9.47. The third-order valence-corrected chi connectivity index (χ3v) is 4.87. The highest BCUT2D eigenvalue weighted by molar-refractivity contribution is 9.11. The first kappa shape index (κ1) is 15.6. The predicted octanol–water partition coefficient (Wildman–Crippen LogP) is 3.98. The van der Waals surface area contributed by atoms with E-state index in [1.807, 2.05) is 36.9 Å². The van der Waals surface area contributed by atoms with Crippen molar-refractivity contribution in [1.82, 2.24) is 9.55 Å². The zero-order chi connectivity index (χ0) is 14.7. The van der Waals surface area contributed by atoms with Gasteiger partial charge in [0.05, 0.1) is 11.4 Å². The summed E-state index contributed by atoms with van der Waals surface area (Å²) in [6.07, 6.45) is 3.57. The number of nitrogens with zero attached hydrogens (tertiary/aromatic N) is 2. The second-order valence-corrected chi connectivity index (χ2v) is 6.91. The highest BCUT2D eigenvalue weighted by Crippen LogP contribution is 2.32. The Morgan fingerprint density at radius 2 is 2.05 bits per heavy atom. The van der Waals surface area contributed by atoms with Gasteiger partial charge in [-0.2, -0.15) is 0 Å². The number of hydrogen-bond acceptors (Lipinski definition) is 3. The largest absolute Gasteiger partial charge is 0.329 e. The number of anilines is 1. The SMILES string of the molecule is Cc1cc(Br)c(NC(=O)CSc2nccn2C)c(Br)c1. The second kappa shape index (κ2) is 6.78. The van der Waals surface area contributed by atoms with Gasteiger partial charge in [-0.1, -0.05) is 11.8 Å². The van der Waals surface area contributed by atoms with Crippen molar-refractivity contribution in [3.63, 3.8) is 0 Å². The molecule has 106 valence electrons. The molecule has 2 aromatic rings. The van der Waals surface area contributed by atoms with Gasteiger partial charge in [0.15, 0.2) is 5.16 Å². The summed E-state index contributed by atoms with van der Waals surface area (Å²) in [5.41, 5.74) is 1.87. The molecule has 0 spiro atoms. The van der Waals surface area contributed by atoms with Crippen molar-refractivity contribution in [3.05, 3.63) is 39.0 Å². The minimum absolute atomic E-state index is 0.0664. The lowest BCUT2D eigenvalue weighted by Crippen LogP contribution is -2.15. The molecule has 0 saturated carbocycles. The van der Waals surface area contributed by atoms with Crippen LogP contribution in [0.3, 0.4) is 0 Å². The summed E-state index contributed by atoms with van der Waals surface area (Å²) in [6.45, 7) is 2.00. The summed E-state index contributed by atoms with van der Waals surface area (Å²) >= 11 is 8.32. The Balaban J connectivity index is 2.00. The predicted molar refractivity (Wildman–Crippen MR) is 89.1 cm³/mol. The van der Waals surface area contributed by atoms with Gasteiger partial charge in [0.2, 0.25) is 5.91 Å². The van der Waals surface area contributed by atoms with Crippen LogP contribution in [0, 0.1) is 6.92 Å². The van der Waals surface area contributed by atoms with Crippen molar-refractivity contribution in [3.8, 4) is 0 Å². The van der Waals surface area contributed by atoms with E-state index in [2.05, 4.69) is 42.2 Å². The van der Waals surface area contributed by atoms with Crippen molar-refractivity contribution >= 4 is 55.2 Å². The maximum absolute atomic E-state index is 12.0. The number of carbonyl (C=O) groups excluding carboxylic acids is 1. The summed E-state index contributed by atoms with van der Waals surface area (Å²) < 4.78 is 3.61. The van der Waals surface area contributed by atoms with E-state index in [0.717, 1.165) is 25.4 Å². The minimum atomic E-state index is -0.0664. The molecule has 7 heteroatoms. The number of imidazole rings is 1. The van der Waals surface area contributed by atoms with Crippen molar-refractivity contribution in [1.29, 1.82) is 0 Å². The van der Waals surface area contributed by atoms with Gasteiger partial charge in [-0.15, -0.1) is 0 Å². The summed E-state index contributed by atoms with van der Waals surface area (Å²) in [5.74, 6) is 0.251. The Morgan fingerprint density at radius 3 is 2.60 bits per heavy atom. The van der Waals surface area contributed by atoms with Gasteiger partial charge in [0.1, 0.15) is 0 Å². The van der Waals surface area contributed by atoms with E-state index < -0.39 is 0 Å². The Morgan fingerprint density at radius 1 is 1.40 bits per heavy atom. The Kier molecular flexibility index (Phi) is 5.29. The quantitative estimate of drug-likeness (QED) is 0.763. The summed E-state index contributed by atoms with van der Waals surface area (Å²) in [5, 5.41) is 3.72. The summed E-state index contributed by atoms with van der Waals surface area (Å²) in [4.78, 5) is 16.2. The van der Waals surface area contributed by atoms with E-state index in [4.69, 9.17) is 0 Å². The van der Waals surface area contributed by atoms with Crippen LogP contribution in [0.25, 0.3) is 0 Å². The van der Waals surface area contributed by atoms with Crippen LogP contribution < -0.4 is 5.32 Å². The molecular formula is C13H13Br2N3OS. The van der Waals surface area contributed by atoms with Crippen LogP contribution in [-0.4, -0.2) is 21.2 Å². The first-order valence-corrected chi connectivity index (χ1v) is 8.40. The van der Waals surface area contributed by atoms with Gasteiger partial charge in [-0.3, -0.25) is 4.79 Å². The van der Waals surface area contributed by atoms with E-state index in [0.29, 0.717) is 5.75 Å². The number of carbonyl (C=O) groups is 1. The standard InChI is InChI=1S/C13H13Br2N3OS/c1-8-5-9(14)12(10(15)6-8)17-11(19)7-20-13-16-3-4-18(13)2/h3-6H,7H2,1-2H3,(H,17,19). The molecule has 0 bridgehead atoms. The average molecular weight is 419 g/mol. The van der Waals surface area contributed by atoms with Crippen LogP contribution in [0.15, 0.2) is 38.6 Å². The highest BCUT2D eigenvalue weighted by Gasteiger charge is 2.11. The molecule has 0 aliphatic heterocycles. The number of rotatable bonds is 4. The van der Waals surface area contributed by atoms with Crippen LogP contribution in [0.1, 0.15) is 5.56 Å². The molecule has 20 heavy (non-hydrogen) atoms. The van der Waals surface area contributed by atoms with Crippen LogP contribution in [0.2, 0.25) is 0 Å². The molecule has 2 rings (SSSR count). The number of aryl methyl sites for hydroxylation is 2.